The molecule has 0 fully saturated rings. The van der Waals surface area contributed by atoms with E-state index >= 15 is 0 Å². The average Bonchev–Trinajstić information content (AvgIpc) is 2.76. The van der Waals surface area contributed by atoms with Gasteiger partial charge in [0.1, 0.15) is 5.82 Å². The Kier molecular flexibility index (Phi) is 4.05. The molecule has 2 aromatic rings. The summed E-state index contributed by atoms with van der Waals surface area (Å²) >= 11 is 1.34. The van der Waals surface area contributed by atoms with Gasteiger partial charge in [-0.1, -0.05) is 30.0 Å². The lowest BCUT2D eigenvalue weighted by atomic mass is 10.2. The molecule has 1 N–H and O–H groups in total. The van der Waals surface area contributed by atoms with Gasteiger partial charge in [-0.2, -0.15) is 0 Å². The second kappa shape index (κ2) is 5.74. The van der Waals surface area contributed by atoms with Crippen molar-refractivity contribution in [2.24, 2.45) is 0 Å². The molecule has 0 amide bonds. The van der Waals surface area contributed by atoms with Crippen LogP contribution in [0.4, 0.5) is 4.39 Å². The average molecular weight is 254 g/mol. The Morgan fingerprint density at radius 3 is 2.94 bits per heavy atom. The van der Waals surface area contributed by atoms with Crippen LogP contribution in [0, 0.1) is 5.82 Å². The van der Waals surface area contributed by atoms with Crippen LogP contribution in [-0.2, 0) is 12.3 Å². The van der Waals surface area contributed by atoms with E-state index in [9.17, 15) is 4.39 Å². The van der Waals surface area contributed by atoms with Gasteiger partial charge in [0.15, 0.2) is 0 Å². The van der Waals surface area contributed by atoms with Gasteiger partial charge in [0, 0.05) is 5.75 Å². The largest absolute Gasteiger partial charge is 0.394 e. The lowest BCUT2D eigenvalue weighted by molar-refractivity contribution is 0.262. The van der Waals surface area contributed by atoms with Crippen LogP contribution in [0.2, 0.25) is 0 Å². The van der Waals surface area contributed by atoms with Gasteiger partial charge in [0.25, 0.3) is 0 Å². The van der Waals surface area contributed by atoms with Crippen molar-refractivity contribution in [3.8, 4) is 0 Å². The summed E-state index contributed by atoms with van der Waals surface area (Å²) in [6.07, 6.45) is 0. The Hall–Kier alpha value is -1.47. The normalized spacial score (nSPS) is 10.7. The maximum absolute atomic E-state index is 13.4. The first-order valence-corrected chi connectivity index (χ1v) is 6.03. The molecule has 0 atom stereocenters. The zero-order chi connectivity index (χ0) is 12.1. The number of hydrogen-bond donors (Lipinski definition) is 1. The molecule has 0 spiro atoms. The van der Waals surface area contributed by atoms with Gasteiger partial charge < -0.3 is 5.11 Å². The summed E-state index contributed by atoms with van der Waals surface area (Å²) in [5, 5.41) is 20.4. The highest BCUT2D eigenvalue weighted by Crippen LogP contribution is 2.21. The zero-order valence-corrected chi connectivity index (χ0v) is 9.77. The van der Waals surface area contributed by atoms with Crippen molar-refractivity contribution >= 4 is 11.8 Å². The molecule has 0 radical (unpaired) electrons. The molecule has 1 heterocycles. The van der Waals surface area contributed by atoms with Crippen LogP contribution in [0.25, 0.3) is 0 Å². The predicted molar refractivity (Wildman–Crippen MR) is 60.9 cm³/mol. The molecule has 0 unspecified atom stereocenters. The first kappa shape index (κ1) is 12.0. The van der Waals surface area contributed by atoms with E-state index < -0.39 is 0 Å². The molecule has 0 saturated carbocycles. The SMILES string of the molecule is OCCn1nnnc1SCc1ccccc1F. The van der Waals surface area contributed by atoms with Crippen LogP contribution in [-0.4, -0.2) is 31.9 Å². The molecular weight excluding hydrogens is 243 g/mol. The molecule has 1 aromatic heterocycles. The third kappa shape index (κ3) is 3.01. The van der Waals surface area contributed by atoms with Gasteiger partial charge in [-0.15, -0.1) is 5.10 Å². The third-order valence-electron chi connectivity index (χ3n) is 2.13. The fourth-order valence-electron chi connectivity index (χ4n) is 1.29. The van der Waals surface area contributed by atoms with E-state index in [1.165, 1.54) is 22.5 Å². The monoisotopic (exact) mass is 254 g/mol. The van der Waals surface area contributed by atoms with Crippen LogP contribution in [0.5, 0.6) is 0 Å². The number of aromatic nitrogens is 4. The van der Waals surface area contributed by atoms with E-state index in [-0.39, 0.29) is 12.4 Å². The third-order valence-corrected chi connectivity index (χ3v) is 3.13. The standard InChI is InChI=1S/C10H11FN4OS/c11-9-4-2-1-3-8(9)7-17-10-12-13-14-15(10)5-6-16/h1-4,16H,5-7H2. The van der Waals surface area contributed by atoms with Crippen molar-refractivity contribution in [2.75, 3.05) is 6.61 Å². The van der Waals surface area contributed by atoms with E-state index in [4.69, 9.17) is 5.11 Å². The van der Waals surface area contributed by atoms with Gasteiger partial charge in [-0.05, 0) is 22.1 Å². The summed E-state index contributed by atoms with van der Waals surface area (Å²) in [6, 6.07) is 6.59. The Morgan fingerprint density at radius 2 is 2.18 bits per heavy atom. The Balaban J connectivity index is 2.02. The number of aliphatic hydroxyl groups excluding tert-OH is 1. The van der Waals surface area contributed by atoms with Crippen LogP contribution < -0.4 is 0 Å². The topological polar surface area (TPSA) is 63.8 Å². The Labute approximate surface area is 102 Å². The van der Waals surface area contributed by atoms with Crippen molar-refractivity contribution in [1.29, 1.82) is 0 Å². The van der Waals surface area contributed by atoms with E-state index in [1.54, 1.807) is 18.2 Å². The molecule has 2 rings (SSSR count). The zero-order valence-electron chi connectivity index (χ0n) is 8.95. The number of rotatable bonds is 5. The lowest BCUT2D eigenvalue weighted by Gasteiger charge is -2.03. The number of thioether (sulfide) groups is 1. The van der Waals surface area contributed by atoms with Gasteiger partial charge in [-0.25, -0.2) is 9.07 Å². The highest BCUT2D eigenvalue weighted by molar-refractivity contribution is 7.98. The molecule has 5 nitrogen and oxygen atoms in total. The molecule has 0 saturated heterocycles. The maximum atomic E-state index is 13.4. The lowest BCUT2D eigenvalue weighted by Crippen LogP contribution is -2.05. The summed E-state index contributed by atoms with van der Waals surface area (Å²) < 4.78 is 14.8. The minimum atomic E-state index is -0.235. The Morgan fingerprint density at radius 1 is 1.35 bits per heavy atom. The minimum Gasteiger partial charge on any atom is -0.394 e. The van der Waals surface area contributed by atoms with Crippen molar-refractivity contribution < 1.29 is 9.50 Å². The number of tetrazole rings is 1. The number of halogens is 1. The van der Waals surface area contributed by atoms with E-state index in [1.807, 2.05) is 0 Å². The van der Waals surface area contributed by atoms with Crippen LogP contribution in [0.1, 0.15) is 5.56 Å². The van der Waals surface area contributed by atoms with Crippen molar-refractivity contribution in [2.45, 2.75) is 17.5 Å². The molecule has 90 valence electrons. The fourth-order valence-corrected chi connectivity index (χ4v) is 2.18. The number of nitrogens with zero attached hydrogens (tertiary/aromatic N) is 4. The molecular formula is C10H11FN4OS. The quantitative estimate of drug-likeness (QED) is 0.809. The first-order chi connectivity index (χ1) is 8.31. The number of aliphatic hydroxyl groups is 1. The van der Waals surface area contributed by atoms with Crippen LogP contribution >= 0.6 is 11.8 Å². The summed E-state index contributed by atoms with van der Waals surface area (Å²) in [6.45, 7) is 0.310. The molecule has 1 aromatic carbocycles. The second-order valence-electron chi connectivity index (χ2n) is 3.29. The van der Waals surface area contributed by atoms with E-state index in [0.29, 0.717) is 23.0 Å². The summed E-state index contributed by atoms with van der Waals surface area (Å²) in [4.78, 5) is 0. The van der Waals surface area contributed by atoms with E-state index in [0.717, 1.165) is 0 Å². The van der Waals surface area contributed by atoms with Crippen molar-refractivity contribution in [3.63, 3.8) is 0 Å². The van der Waals surface area contributed by atoms with Gasteiger partial charge in [-0.3, -0.25) is 0 Å². The van der Waals surface area contributed by atoms with Crippen LogP contribution in [0.15, 0.2) is 29.4 Å². The molecule has 7 heteroatoms. The highest BCUT2D eigenvalue weighted by Gasteiger charge is 2.08. The number of hydrogen-bond acceptors (Lipinski definition) is 5. The Bertz CT molecular complexity index is 491. The predicted octanol–water partition coefficient (Wildman–Crippen LogP) is 1.10. The number of benzene rings is 1. The second-order valence-corrected chi connectivity index (χ2v) is 4.23. The minimum absolute atomic E-state index is 0.0295. The fraction of sp³-hybridized carbons (Fsp3) is 0.300. The van der Waals surface area contributed by atoms with Crippen molar-refractivity contribution in [3.05, 3.63) is 35.6 Å². The van der Waals surface area contributed by atoms with E-state index in [2.05, 4.69) is 15.5 Å². The molecule has 0 aliphatic rings. The molecule has 0 aliphatic carbocycles. The van der Waals surface area contributed by atoms with Crippen LogP contribution in [0.3, 0.4) is 0 Å². The van der Waals surface area contributed by atoms with Gasteiger partial charge >= 0.3 is 0 Å². The summed E-state index contributed by atoms with van der Waals surface area (Å²) in [7, 11) is 0. The van der Waals surface area contributed by atoms with Crippen molar-refractivity contribution in [1.82, 2.24) is 20.2 Å². The molecule has 17 heavy (non-hydrogen) atoms. The first-order valence-electron chi connectivity index (χ1n) is 5.04. The smallest absolute Gasteiger partial charge is 0.209 e. The summed E-state index contributed by atoms with van der Waals surface area (Å²) in [5.74, 6) is 0.222. The molecule has 0 bridgehead atoms. The molecule has 0 aliphatic heterocycles. The summed E-state index contributed by atoms with van der Waals surface area (Å²) in [5.41, 5.74) is 0.607. The van der Waals surface area contributed by atoms with Gasteiger partial charge in [0.05, 0.1) is 13.2 Å². The maximum Gasteiger partial charge on any atom is 0.209 e. The van der Waals surface area contributed by atoms with Gasteiger partial charge in [0.2, 0.25) is 5.16 Å². The highest BCUT2D eigenvalue weighted by atomic mass is 32.2.